The Kier molecular flexibility index (Phi) is 3.95. The number of amides is 1. The number of para-hydroxylation sites is 1. The van der Waals surface area contributed by atoms with E-state index < -0.39 is 11.7 Å². The zero-order valence-electron chi connectivity index (χ0n) is 14.8. The van der Waals surface area contributed by atoms with Crippen LogP contribution in [0.2, 0.25) is 0 Å². The van der Waals surface area contributed by atoms with E-state index in [1.807, 2.05) is 24.3 Å². The van der Waals surface area contributed by atoms with E-state index in [9.17, 15) is 18.0 Å². The number of fused-ring (bicyclic) bond motifs is 2. The zero-order valence-corrected chi connectivity index (χ0v) is 15.6. The molecule has 146 valence electrons. The fourth-order valence-electron chi connectivity index (χ4n) is 3.52. The number of nitrogens with zero attached hydrogens (tertiary/aromatic N) is 3. The van der Waals surface area contributed by atoms with E-state index in [1.165, 1.54) is 23.5 Å². The second kappa shape index (κ2) is 6.41. The van der Waals surface area contributed by atoms with Crippen LogP contribution in [0.25, 0.3) is 15.3 Å². The number of benzene rings is 2. The summed E-state index contributed by atoms with van der Waals surface area (Å²) in [6, 6.07) is 12.6. The summed E-state index contributed by atoms with van der Waals surface area (Å²) in [4.78, 5) is 16.9. The van der Waals surface area contributed by atoms with Gasteiger partial charge in [0, 0.05) is 17.9 Å². The molecule has 1 amide bonds. The monoisotopic (exact) mass is 414 g/mol. The normalized spacial score (nSPS) is 16.7. The molecule has 2 aromatic heterocycles. The predicted molar refractivity (Wildman–Crippen MR) is 103 cm³/mol. The molecule has 9 heteroatoms. The topological polar surface area (TPSA) is 59.8 Å². The molecule has 1 aliphatic rings. The van der Waals surface area contributed by atoms with Crippen LogP contribution in [0.3, 0.4) is 0 Å². The number of carbonyl (C=O) groups excluding carboxylic acids is 1. The minimum Gasteiger partial charge on any atom is -0.310 e. The van der Waals surface area contributed by atoms with Crippen molar-refractivity contribution in [1.82, 2.24) is 14.8 Å². The highest BCUT2D eigenvalue weighted by Gasteiger charge is 2.33. The third-order valence-electron chi connectivity index (χ3n) is 4.92. The van der Waals surface area contributed by atoms with Crippen LogP contribution in [0.5, 0.6) is 0 Å². The number of aromatic nitrogens is 3. The van der Waals surface area contributed by atoms with Gasteiger partial charge in [0.2, 0.25) is 11.0 Å². The van der Waals surface area contributed by atoms with Crippen molar-refractivity contribution in [1.29, 1.82) is 0 Å². The lowest BCUT2D eigenvalue weighted by molar-refractivity contribution is -0.137. The molecule has 3 heterocycles. The Morgan fingerprint density at radius 1 is 1.10 bits per heavy atom. The van der Waals surface area contributed by atoms with Crippen molar-refractivity contribution < 1.29 is 18.0 Å². The van der Waals surface area contributed by atoms with Crippen LogP contribution in [0.1, 0.15) is 29.0 Å². The number of halogens is 3. The van der Waals surface area contributed by atoms with Gasteiger partial charge in [-0.1, -0.05) is 35.6 Å². The third kappa shape index (κ3) is 3.07. The van der Waals surface area contributed by atoms with Gasteiger partial charge in [-0.05, 0) is 29.8 Å². The van der Waals surface area contributed by atoms with Gasteiger partial charge in [0.15, 0.2) is 0 Å². The quantitative estimate of drug-likeness (QED) is 0.504. The second-order valence-corrected chi connectivity index (χ2v) is 7.76. The summed E-state index contributed by atoms with van der Waals surface area (Å²) in [6.45, 7) is 0. The highest BCUT2D eigenvalue weighted by Crippen LogP contribution is 2.40. The molecule has 0 saturated carbocycles. The molecule has 0 aliphatic carbocycles. The summed E-state index contributed by atoms with van der Waals surface area (Å²) in [5.74, 6) is -0.0837. The maximum absolute atomic E-state index is 12.9. The van der Waals surface area contributed by atoms with Crippen molar-refractivity contribution in [3.63, 3.8) is 0 Å². The summed E-state index contributed by atoms with van der Waals surface area (Å²) < 4.78 is 41.1. The second-order valence-electron chi connectivity index (χ2n) is 6.75. The van der Waals surface area contributed by atoms with Crippen LogP contribution in [-0.2, 0) is 11.0 Å². The lowest BCUT2D eigenvalue weighted by atomic mass is 9.87. The first kappa shape index (κ1) is 17.9. The van der Waals surface area contributed by atoms with E-state index in [1.54, 1.807) is 10.9 Å². The Bertz CT molecular complexity index is 1190. The zero-order chi connectivity index (χ0) is 20.2. The molecule has 1 unspecified atom stereocenters. The molecule has 0 radical (unpaired) electrons. The molecule has 2 aromatic carbocycles. The number of nitrogens with one attached hydrogen (secondary N) is 1. The van der Waals surface area contributed by atoms with Gasteiger partial charge in [0.25, 0.3) is 0 Å². The average molecular weight is 414 g/mol. The van der Waals surface area contributed by atoms with Gasteiger partial charge >= 0.3 is 6.18 Å². The SMILES string of the molecule is O=C1CC(c2ccc(C(F)(F)F)cc2)c2cnn(-c3nc4ccccc4s3)c2N1. The molecule has 0 fully saturated rings. The maximum Gasteiger partial charge on any atom is 0.416 e. The predicted octanol–water partition coefficient (Wildman–Crippen LogP) is 4.97. The highest BCUT2D eigenvalue weighted by atomic mass is 32.1. The maximum atomic E-state index is 12.9. The minimum atomic E-state index is -4.40. The lowest BCUT2D eigenvalue weighted by Gasteiger charge is -2.23. The Morgan fingerprint density at radius 2 is 1.86 bits per heavy atom. The van der Waals surface area contributed by atoms with Crippen LogP contribution in [0.4, 0.5) is 19.0 Å². The fourth-order valence-corrected chi connectivity index (χ4v) is 4.45. The van der Waals surface area contributed by atoms with Crippen LogP contribution < -0.4 is 5.32 Å². The van der Waals surface area contributed by atoms with Crippen molar-refractivity contribution in [2.45, 2.75) is 18.5 Å². The summed E-state index contributed by atoms with van der Waals surface area (Å²) in [6.07, 6.45) is -2.61. The molecule has 1 N–H and O–H groups in total. The van der Waals surface area contributed by atoms with E-state index in [4.69, 9.17) is 0 Å². The smallest absolute Gasteiger partial charge is 0.310 e. The number of hydrogen-bond acceptors (Lipinski definition) is 4. The first-order valence-corrected chi connectivity index (χ1v) is 9.62. The first-order valence-electron chi connectivity index (χ1n) is 8.81. The molecule has 5 nitrogen and oxygen atoms in total. The van der Waals surface area contributed by atoms with Gasteiger partial charge in [-0.2, -0.15) is 23.0 Å². The van der Waals surface area contributed by atoms with Gasteiger partial charge < -0.3 is 5.32 Å². The van der Waals surface area contributed by atoms with Crippen molar-refractivity contribution >= 4 is 33.3 Å². The number of anilines is 1. The Labute approximate surface area is 166 Å². The summed E-state index contributed by atoms with van der Waals surface area (Å²) in [5.41, 5.74) is 1.51. The fraction of sp³-hybridized carbons (Fsp3) is 0.150. The molecular weight excluding hydrogens is 401 g/mol. The Hall–Kier alpha value is -3.20. The van der Waals surface area contributed by atoms with E-state index in [2.05, 4.69) is 15.4 Å². The molecule has 0 bridgehead atoms. The average Bonchev–Trinajstić information content (AvgIpc) is 3.30. The summed E-state index contributed by atoms with van der Waals surface area (Å²) in [7, 11) is 0. The molecule has 1 aliphatic heterocycles. The van der Waals surface area contributed by atoms with E-state index in [0.29, 0.717) is 16.5 Å². The highest BCUT2D eigenvalue weighted by molar-refractivity contribution is 7.20. The number of carbonyl (C=O) groups is 1. The van der Waals surface area contributed by atoms with Gasteiger partial charge in [-0.25, -0.2) is 4.98 Å². The van der Waals surface area contributed by atoms with E-state index in [-0.39, 0.29) is 18.2 Å². The van der Waals surface area contributed by atoms with E-state index >= 15 is 0 Å². The molecule has 4 aromatic rings. The number of rotatable bonds is 2. The van der Waals surface area contributed by atoms with Crippen molar-refractivity contribution in [3.05, 3.63) is 71.4 Å². The standard InChI is InChI=1S/C20H13F3N4OS/c21-20(22,23)12-7-5-11(6-8-12)13-9-17(28)26-18-14(13)10-24-27(18)19-25-15-3-1-2-4-16(15)29-19/h1-8,10,13H,9H2,(H,26,28). The Morgan fingerprint density at radius 3 is 2.59 bits per heavy atom. The number of thiazole rings is 1. The summed E-state index contributed by atoms with van der Waals surface area (Å²) in [5, 5.41) is 7.85. The van der Waals surface area contributed by atoms with Gasteiger partial charge in [-0.15, -0.1) is 0 Å². The third-order valence-corrected chi connectivity index (χ3v) is 5.94. The van der Waals surface area contributed by atoms with E-state index in [0.717, 1.165) is 27.9 Å². The van der Waals surface area contributed by atoms with Gasteiger partial charge in [0.1, 0.15) is 5.82 Å². The van der Waals surface area contributed by atoms with Crippen molar-refractivity contribution in [3.8, 4) is 5.13 Å². The molecule has 29 heavy (non-hydrogen) atoms. The van der Waals surface area contributed by atoms with Crippen LogP contribution in [0.15, 0.2) is 54.7 Å². The first-order chi connectivity index (χ1) is 13.9. The van der Waals surface area contributed by atoms with Gasteiger partial charge in [-0.3, -0.25) is 4.79 Å². The Balaban J connectivity index is 1.56. The molecule has 5 rings (SSSR count). The van der Waals surface area contributed by atoms with Crippen LogP contribution in [-0.4, -0.2) is 20.7 Å². The molecule has 1 atom stereocenters. The number of alkyl halides is 3. The minimum absolute atomic E-state index is 0.143. The number of hydrogen-bond donors (Lipinski definition) is 1. The van der Waals surface area contributed by atoms with Gasteiger partial charge in [0.05, 0.1) is 22.0 Å². The molecule has 0 spiro atoms. The largest absolute Gasteiger partial charge is 0.416 e. The lowest BCUT2D eigenvalue weighted by Crippen LogP contribution is -2.24. The summed E-state index contributed by atoms with van der Waals surface area (Å²) >= 11 is 1.44. The molecule has 0 saturated heterocycles. The van der Waals surface area contributed by atoms with Crippen molar-refractivity contribution in [2.24, 2.45) is 0 Å². The van der Waals surface area contributed by atoms with Crippen molar-refractivity contribution in [2.75, 3.05) is 5.32 Å². The molecular formula is C20H13F3N4OS. The van der Waals surface area contributed by atoms with Crippen LogP contribution in [0, 0.1) is 0 Å². The van der Waals surface area contributed by atoms with Crippen LogP contribution >= 0.6 is 11.3 Å².